The van der Waals surface area contributed by atoms with Gasteiger partial charge in [0, 0.05) is 17.5 Å². The van der Waals surface area contributed by atoms with Crippen LogP contribution in [0.4, 0.5) is 0 Å². The molecule has 3 aliphatic rings. The van der Waals surface area contributed by atoms with Gasteiger partial charge in [0.1, 0.15) is 0 Å². The fraction of sp³-hybridized carbons (Fsp3) is 1.00. The fourth-order valence-corrected chi connectivity index (χ4v) is 3.85. The maximum Gasteiger partial charge on any atom is 0.0958 e. The van der Waals surface area contributed by atoms with E-state index in [1.165, 1.54) is 13.0 Å². The summed E-state index contributed by atoms with van der Waals surface area (Å²) >= 11 is 0. The van der Waals surface area contributed by atoms with Gasteiger partial charge in [-0.1, -0.05) is 27.7 Å². The van der Waals surface area contributed by atoms with Crippen molar-refractivity contribution in [3.63, 3.8) is 0 Å². The molecule has 3 nitrogen and oxygen atoms in total. The van der Waals surface area contributed by atoms with Crippen LogP contribution in [0.3, 0.4) is 0 Å². The predicted octanol–water partition coefficient (Wildman–Crippen LogP) is 2.33. The standard InChI is InChI=1S/C12H21N3/c1-5-15-8-6-12(8)7-13-14-9(12)10(15)11(2,3)4/h8-10H,5-7H2,1-4H3. The lowest BCUT2D eigenvalue weighted by atomic mass is 9.79. The second kappa shape index (κ2) is 2.62. The number of piperidine rings is 1. The zero-order valence-electron chi connectivity index (χ0n) is 10.2. The van der Waals surface area contributed by atoms with Gasteiger partial charge in [-0.15, -0.1) is 0 Å². The maximum atomic E-state index is 4.54. The van der Waals surface area contributed by atoms with E-state index in [9.17, 15) is 0 Å². The Morgan fingerprint density at radius 2 is 2.13 bits per heavy atom. The second-order valence-electron chi connectivity index (χ2n) is 6.45. The summed E-state index contributed by atoms with van der Waals surface area (Å²) in [6.07, 6.45) is 1.34. The first-order chi connectivity index (χ1) is 7.00. The smallest absolute Gasteiger partial charge is 0.0958 e. The van der Waals surface area contributed by atoms with E-state index in [0.717, 1.165) is 12.6 Å². The normalized spacial score (nSPS) is 48.1. The van der Waals surface area contributed by atoms with Crippen molar-refractivity contribution in [3.8, 4) is 0 Å². The van der Waals surface area contributed by atoms with Crippen molar-refractivity contribution in [2.45, 2.75) is 52.2 Å². The third-order valence-corrected chi connectivity index (χ3v) is 4.55. The van der Waals surface area contributed by atoms with Gasteiger partial charge in [0.25, 0.3) is 0 Å². The first-order valence-corrected chi connectivity index (χ1v) is 6.13. The van der Waals surface area contributed by atoms with Gasteiger partial charge in [-0.25, -0.2) is 0 Å². The number of nitrogens with zero attached hydrogens (tertiary/aromatic N) is 3. The molecule has 2 aliphatic heterocycles. The molecule has 3 heteroatoms. The minimum atomic E-state index is 0.324. The molecule has 0 aromatic carbocycles. The Kier molecular flexibility index (Phi) is 1.71. The molecule has 2 heterocycles. The van der Waals surface area contributed by atoms with E-state index in [1.54, 1.807) is 0 Å². The lowest BCUT2D eigenvalue weighted by Crippen LogP contribution is -2.47. The van der Waals surface area contributed by atoms with E-state index in [1.807, 2.05) is 0 Å². The van der Waals surface area contributed by atoms with E-state index < -0.39 is 0 Å². The fourth-order valence-electron chi connectivity index (χ4n) is 3.85. The highest BCUT2D eigenvalue weighted by molar-refractivity contribution is 5.27. The van der Waals surface area contributed by atoms with E-state index in [0.29, 0.717) is 22.9 Å². The van der Waals surface area contributed by atoms with Gasteiger partial charge in [0.2, 0.25) is 0 Å². The van der Waals surface area contributed by atoms with Crippen molar-refractivity contribution < 1.29 is 0 Å². The minimum absolute atomic E-state index is 0.324. The molecule has 84 valence electrons. The molecule has 0 radical (unpaired) electrons. The van der Waals surface area contributed by atoms with Crippen molar-refractivity contribution >= 4 is 0 Å². The maximum absolute atomic E-state index is 4.54. The third kappa shape index (κ3) is 1.05. The molecule has 0 N–H and O–H groups in total. The van der Waals surface area contributed by atoms with Crippen LogP contribution in [0.2, 0.25) is 0 Å². The molecule has 1 spiro atoms. The summed E-state index contributed by atoms with van der Waals surface area (Å²) in [7, 11) is 0. The second-order valence-corrected chi connectivity index (χ2v) is 6.45. The number of likely N-dealkylation sites (tertiary alicyclic amines) is 1. The average Bonchev–Trinajstić information content (AvgIpc) is 2.58. The van der Waals surface area contributed by atoms with Crippen LogP contribution >= 0.6 is 0 Å². The van der Waals surface area contributed by atoms with Gasteiger partial charge in [0.15, 0.2) is 0 Å². The van der Waals surface area contributed by atoms with Crippen molar-refractivity contribution in [1.29, 1.82) is 0 Å². The van der Waals surface area contributed by atoms with E-state index >= 15 is 0 Å². The van der Waals surface area contributed by atoms with Gasteiger partial charge in [-0.3, -0.25) is 4.90 Å². The lowest BCUT2D eigenvalue weighted by Gasteiger charge is -2.38. The molecule has 0 aromatic rings. The Bertz CT molecular complexity index is 317. The first kappa shape index (κ1) is 9.76. The molecule has 4 atom stereocenters. The number of likely N-dealkylation sites (N-methyl/N-ethyl adjacent to an activating group) is 1. The van der Waals surface area contributed by atoms with Gasteiger partial charge in [-0.05, 0) is 18.4 Å². The van der Waals surface area contributed by atoms with Crippen LogP contribution in [-0.4, -0.2) is 36.1 Å². The molecule has 0 aromatic heterocycles. The zero-order chi connectivity index (χ0) is 10.8. The summed E-state index contributed by atoms with van der Waals surface area (Å²) in [4.78, 5) is 2.68. The summed E-state index contributed by atoms with van der Waals surface area (Å²) in [6.45, 7) is 11.5. The summed E-state index contributed by atoms with van der Waals surface area (Å²) in [5, 5.41) is 8.85. The first-order valence-electron chi connectivity index (χ1n) is 6.13. The molecule has 15 heavy (non-hydrogen) atoms. The Hall–Kier alpha value is -0.440. The SMILES string of the molecule is CCN1C(C(C)(C)C)C2N=NCC23CC13. The Morgan fingerprint density at radius 1 is 1.40 bits per heavy atom. The van der Waals surface area contributed by atoms with Crippen molar-refractivity contribution in [2.75, 3.05) is 13.1 Å². The van der Waals surface area contributed by atoms with Gasteiger partial charge in [0.05, 0.1) is 12.6 Å². The molecule has 3 rings (SSSR count). The molecule has 2 fully saturated rings. The lowest BCUT2D eigenvalue weighted by molar-refractivity contribution is 0.109. The molecule has 1 saturated heterocycles. The van der Waals surface area contributed by atoms with Crippen LogP contribution in [0.1, 0.15) is 34.1 Å². The monoisotopic (exact) mass is 207 g/mol. The van der Waals surface area contributed by atoms with Crippen LogP contribution in [0.25, 0.3) is 0 Å². The number of hydrogen-bond donors (Lipinski definition) is 0. The predicted molar refractivity (Wildman–Crippen MR) is 60.0 cm³/mol. The summed E-state index contributed by atoms with van der Waals surface area (Å²) in [5.41, 5.74) is 0.790. The Morgan fingerprint density at radius 3 is 2.73 bits per heavy atom. The van der Waals surface area contributed by atoms with Gasteiger partial charge < -0.3 is 0 Å². The molecule has 1 aliphatic carbocycles. The summed E-state index contributed by atoms with van der Waals surface area (Å²) in [5.74, 6) is 0. The van der Waals surface area contributed by atoms with Crippen LogP contribution < -0.4 is 0 Å². The van der Waals surface area contributed by atoms with Gasteiger partial charge in [-0.2, -0.15) is 10.2 Å². The highest BCUT2D eigenvalue weighted by atomic mass is 15.4. The quantitative estimate of drug-likeness (QED) is 0.648. The number of rotatable bonds is 1. The zero-order valence-corrected chi connectivity index (χ0v) is 10.2. The van der Waals surface area contributed by atoms with Crippen LogP contribution in [0, 0.1) is 10.8 Å². The molecule has 1 saturated carbocycles. The Labute approximate surface area is 91.9 Å². The summed E-state index contributed by atoms with van der Waals surface area (Å²) in [6, 6.07) is 1.88. The largest absolute Gasteiger partial charge is 0.294 e. The van der Waals surface area contributed by atoms with Crippen molar-refractivity contribution in [1.82, 2.24) is 4.90 Å². The molecule has 0 amide bonds. The highest BCUT2D eigenvalue weighted by Crippen LogP contribution is 2.65. The molecule has 0 bridgehead atoms. The Balaban J connectivity index is 1.97. The average molecular weight is 207 g/mol. The summed E-state index contributed by atoms with van der Waals surface area (Å²) < 4.78 is 0. The van der Waals surface area contributed by atoms with E-state index in [2.05, 4.69) is 42.8 Å². The van der Waals surface area contributed by atoms with E-state index in [4.69, 9.17) is 0 Å². The molecular weight excluding hydrogens is 186 g/mol. The highest BCUT2D eigenvalue weighted by Gasteiger charge is 2.73. The topological polar surface area (TPSA) is 28.0 Å². The molecule has 4 unspecified atom stereocenters. The van der Waals surface area contributed by atoms with Crippen LogP contribution in [0.5, 0.6) is 0 Å². The number of azo groups is 1. The van der Waals surface area contributed by atoms with Crippen LogP contribution in [0.15, 0.2) is 10.2 Å². The third-order valence-electron chi connectivity index (χ3n) is 4.55. The number of hydrogen-bond acceptors (Lipinski definition) is 3. The van der Waals surface area contributed by atoms with Crippen molar-refractivity contribution in [2.24, 2.45) is 21.1 Å². The van der Waals surface area contributed by atoms with E-state index in [-0.39, 0.29) is 0 Å². The minimum Gasteiger partial charge on any atom is -0.294 e. The van der Waals surface area contributed by atoms with Crippen LogP contribution in [-0.2, 0) is 0 Å². The van der Waals surface area contributed by atoms with Gasteiger partial charge >= 0.3 is 0 Å². The molecular formula is C12H21N3. The van der Waals surface area contributed by atoms with Crippen molar-refractivity contribution in [3.05, 3.63) is 0 Å².